The molecule has 0 radical (unpaired) electrons. The molecule has 254 valence electrons. The van der Waals surface area contributed by atoms with E-state index in [2.05, 4.69) is 5.32 Å². The number of aliphatic hydroxyl groups excluding tert-OH is 1. The van der Waals surface area contributed by atoms with Gasteiger partial charge in [-0.3, -0.25) is 19.2 Å². The van der Waals surface area contributed by atoms with E-state index in [1.54, 1.807) is 24.0 Å². The quantitative estimate of drug-likeness (QED) is 0.344. The van der Waals surface area contributed by atoms with Crippen molar-refractivity contribution in [3.05, 3.63) is 96.1 Å². The van der Waals surface area contributed by atoms with Crippen LogP contribution in [0, 0.1) is 17.8 Å². The van der Waals surface area contributed by atoms with Crippen LogP contribution >= 0.6 is 0 Å². The number of hydrogen-bond donors (Lipinski definition) is 2. The topological polar surface area (TPSA) is 125 Å². The van der Waals surface area contributed by atoms with Crippen LogP contribution in [-0.2, 0) is 35.2 Å². The number of esters is 1. The molecule has 2 aromatic rings. The Morgan fingerprint density at radius 1 is 1.00 bits per heavy atom. The zero-order chi connectivity index (χ0) is 34.0. The first-order valence-electron chi connectivity index (χ1n) is 17.0. The highest BCUT2D eigenvalue weighted by Crippen LogP contribution is 2.56. The summed E-state index contributed by atoms with van der Waals surface area (Å²) in [5.41, 5.74) is 0.189. The Kier molecular flexibility index (Phi) is 9.85. The summed E-state index contributed by atoms with van der Waals surface area (Å²) in [6.45, 7) is 5.87. The molecular weight excluding hydrogens is 610 g/mol. The van der Waals surface area contributed by atoms with Crippen molar-refractivity contribution in [3.8, 4) is 0 Å². The zero-order valence-electron chi connectivity index (χ0n) is 27.7. The minimum Gasteiger partial charge on any atom is -0.455 e. The predicted octanol–water partition coefficient (Wildman–Crippen LogP) is 3.71. The molecule has 10 heteroatoms. The van der Waals surface area contributed by atoms with E-state index in [-0.39, 0.29) is 43.8 Å². The van der Waals surface area contributed by atoms with Gasteiger partial charge >= 0.3 is 5.97 Å². The molecule has 9 atom stereocenters. The molecule has 2 fully saturated rings. The second-order valence-electron chi connectivity index (χ2n) is 13.4. The van der Waals surface area contributed by atoms with Crippen molar-refractivity contribution in [3.63, 3.8) is 0 Å². The molecule has 2 saturated heterocycles. The van der Waals surface area contributed by atoms with Gasteiger partial charge in [0.2, 0.25) is 17.7 Å². The van der Waals surface area contributed by atoms with Gasteiger partial charge in [-0.2, -0.15) is 0 Å². The Bertz CT molecular complexity index is 1560. The molecule has 4 aliphatic heterocycles. The van der Waals surface area contributed by atoms with E-state index in [0.717, 1.165) is 5.56 Å². The van der Waals surface area contributed by atoms with Gasteiger partial charge in [-0.15, -0.1) is 0 Å². The van der Waals surface area contributed by atoms with Crippen LogP contribution in [0.2, 0.25) is 0 Å². The molecule has 0 aromatic heterocycles. The van der Waals surface area contributed by atoms with E-state index >= 15 is 0 Å². The van der Waals surface area contributed by atoms with Gasteiger partial charge in [0.05, 0.1) is 30.7 Å². The Balaban J connectivity index is 1.45. The number of carbonyl (C=O) groups excluding carboxylic acids is 4. The van der Waals surface area contributed by atoms with Crippen LogP contribution in [0.5, 0.6) is 0 Å². The average Bonchev–Trinajstić information content (AvgIpc) is 3.74. The second-order valence-corrected chi connectivity index (χ2v) is 13.4. The van der Waals surface area contributed by atoms with E-state index in [0.29, 0.717) is 18.4 Å². The number of likely N-dealkylation sites (tertiary alicyclic amines) is 1. The van der Waals surface area contributed by atoms with Crippen LogP contribution in [0.1, 0.15) is 57.3 Å². The number of allylic oxidation sites excluding steroid dienone is 1. The number of nitrogens with zero attached hydrogens (tertiary/aromatic N) is 2. The van der Waals surface area contributed by atoms with Gasteiger partial charge in [0, 0.05) is 19.5 Å². The summed E-state index contributed by atoms with van der Waals surface area (Å²) in [6, 6.07) is 16.4. The number of fused-ring (bicyclic) bond motifs is 2. The molecule has 2 aromatic carbocycles. The first kappa shape index (κ1) is 33.6. The number of nitrogens with one attached hydrogen (secondary N) is 1. The average molecular weight is 656 g/mol. The normalized spacial score (nSPS) is 32.5. The summed E-state index contributed by atoms with van der Waals surface area (Å²) in [6.07, 6.45) is 7.00. The molecule has 0 saturated carbocycles. The predicted molar refractivity (Wildman–Crippen MR) is 178 cm³/mol. The number of hydrogen-bond acceptors (Lipinski definition) is 7. The molecule has 3 amide bonds. The maximum absolute atomic E-state index is 14.9. The highest BCUT2D eigenvalue weighted by atomic mass is 16.6. The molecule has 48 heavy (non-hydrogen) atoms. The molecule has 6 rings (SSSR count). The molecule has 2 N–H and O–H groups in total. The summed E-state index contributed by atoms with van der Waals surface area (Å²) < 4.78 is 12.8. The summed E-state index contributed by atoms with van der Waals surface area (Å²) in [5.74, 6) is -3.76. The third-order valence-corrected chi connectivity index (χ3v) is 10.4. The van der Waals surface area contributed by atoms with Gasteiger partial charge in [0.25, 0.3) is 0 Å². The second kappa shape index (κ2) is 14.1. The van der Waals surface area contributed by atoms with Gasteiger partial charge in [0.15, 0.2) is 0 Å². The Hall–Kier alpha value is -4.28. The minimum atomic E-state index is -1.42. The Labute approximate surface area is 281 Å². The van der Waals surface area contributed by atoms with E-state index < -0.39 is 59.6 Å². The molecule has 0 aliphatic carbocycles. The first-order valence-corrected chi connectivity index (χ1v) is 17.0. The summed E-state index contributed by atoms with van der Waals surface area (Å²) in [5, 5.41) is 13.7. The summed E-state index contributed by atoms with van der Waals surface area (Å²) in [4.78, 5) is 60.1. The lowest BCUT2D eigenvalue weighted by Crippen LogP contribution is -2.59. The Morgan fingerprint density at radius 2 is 1.71 bits per heavy atom. The SMILES string of the molecule is CC[C@H](C)[C@H](CO)N1C(=O)[C@H]2[C@@H]3C(=O)O[C@H](c4ccccc4)[C@@H](C)NC(=O)CC/C=C\CN(Cc4ccccc4)C(=O)[C@H]1[C@@]21C=C[C@@H]3O1. The van der Waals surface area contributed by atoms with Crippen LogP contribution in [0.4, 0.5) is 0 Å². The van der Waals surface area contributed by atoms with Crippen molar-refractivity contribution in [2.24, 2.45) is 17.8 Å². The van der Waals surface area contributed by atoms with E-state index in [4.69, 9.17) is 9.47 Å². The maximum atomic E-state index is 14.9. The van der Waals surface area contributed by atoms with Crippen molar-refractivity contribution in [1.82, 2.24) is 15.1 Å². The lowest BCUT2D eigenvalue weighted by atomic mass is 9.74. The fourth-order valence-corrected chi connectivity index (χ4v) is 7.78. The van der Waals surface area contributed by atoms with Gasteiger partial charge < -0.3 is 29.7 Å². The number of benzene rings is 2. The lowest BCUT2D eigenvalue weighted by molar-refractivity contribution is -0.162. The van der Waals surface area contributed by atoms with Crippen molar-refractivity contribution < 1.29 is 33.8 Å². The molecule has 4 aliphatic rings. The maximum Gasteiger partial charge on any atom is 0.313 e. The number of amides is 3. The van der Waals surface area contributed by atoms with Gasteiger partial charge in [-0.1, -0.05) is 105 Å². The summed E-state index contributed by atoms with van der Waals surface area (Å²) >= 11 is 0. The van der Waals surface area contributed by atoms with Gasteiger partial charge in [-0.05, 0) is 30.4 Å². The monoisotopic (exact) mass is 655 g/mol. The van der Waals surface area contributed by atoms with E-state index in [1.165, 1.54) is 4.90 Å². The standard InChI is InChI=1S/C38H45N3O7/c1-4-24(2)28(23-42)41-34-36(45)40(22-26-14-8-5-9-15-26)21-13-7-12-18-30(43)39-25(3)33(27-16-10-6-11-17-27)47-37(46)31-29-19-20-38(34,48-29)32(31)35(41)44/h5-11,13-17,19-20,24-25,28-29,31-34,42H,4,12,18,21-23H2,1-3H3,(H,39,43)/b13-7-/t24-,25+,28-,29-,31+,32+,33-,34-,38+/m0/s1. The number of ether oxygens (including phenoxy) is 2. The van der Waals surface area contributed by atoms with Crippen LogP contribution < -0.4 is 5.32 Å². The fourth-order valence-electron chi connectivity index (χ4n) is 7.78. The molecule has 1 spiro atoms. The third kappa shape index (κ3) is 6.07. The Morgan fingerprint density at radius 3 is 2.40 bits per heavy atom. The number of cyclic esters (lactones) is 1. The van der Waals surface area contributed by atoms with Crippen LogP contribution in [-0.4, -0.2) is 81.6 Å². The van der Waals surface area contributed by atoms with Crippen molar-refractivity contribution in [2.45, 2.75) is 82.5 Å². The van der Waals surface area contributed by atoms with Crippen LogP contribution in [0.15, 0.2) is 85.0 Å². The molecule has 0 unspecified atom stereocenters. The van der Waals surface area contributed by atoms with E-state index in [9.17, 15) is 24.3 Å². The highest BCUT2D eigenvalue weighted by molar-refractivity contribution is 5.99. The number of carbonyl (C=O) groups is 4. The van der Waals surface area contributed by atoms with Gasteiger partial charge in [-0.25, -0.2) is 0 Å². The fraction of sp³-hybridized carbons (Fsp3) is 0.474. The number of aliphatic hydroxyl groups is 1. The van der Waals surface area contributed by atoms with Crippen molar-refractivity contribution in [1.29, 1.82) is 0 Å². The summed E-state index contributed by atoms with van der Waals surface area (Å²) in [7, 11) is 0. The molecule has 4 heterocycles. The van der Waals surface area contributed by atoms with Crippen molar-refractivity contribution >= 4 is 23.7 Å². The first-order chi connectivity index (χ1) is 23.2. The van der Waals surface area contributed by atoms with E-state index in [1.807, 2.05) is 86.7 Å². The van der Waals surface area contributed by atoms with Crippen molar-refractivity contribution in [2.75, 3.05) is 13.2 Å². The smallest absolute Gasteiger partial charge is 0.313 e. The van der Waals surface area contributed by atoms with Crippen LogP contribution in [0.25, 0.3) is 0 Å². The largest absolute Gasteiger partial charge is 0.455 e. The third-order valence-electron chi connectivity index (χ3n) is 10.4. The minimum absolute atomic E-state index is 0.136. The molecule has 5 bridgehead atoms. The molecule has 10 nitrogen and oxygen atoms in total. The zero-order valence-corrected chi connectivity index (χ0v) is 27.7. The van der Waals surface area contributed by atoms with Crippen LogP contribution in [0.3, 0.4) is 0 Å². The highest BCUT2D eigenvalue weighted by Gasteiger charge is 2.74. The van der Waals surface area contributed by atoms with Gasteiger partial charge in [0.1, 0.15) is 23.7 Å². The molecular formula is C38H45N3O7. The number of rotatable bonds is 7. The lowest BCUT2D eigenvalue weighted by Gasteiger charge is -2.40.